The molecule has 1 N–H and O–H groups in total. The van der Waals surface area contributed by atoms with Crippen molar-refractivity contribution in [3.63, 3.8) is 0 Å². The smallest absolute Gasteiger partial charge is 0.159 e. The Morgan fingerprint density at radius 1 is 0.900 bits per heavy atom. The summed E-state index contributed by atoms with van der Waals surface area (Å²) in [7, 11) is 0. The molecule has 0 spiro atoms. The minimum Gasteiger partial charge on any atom is -0.385 e. The quantitative estimate of drug-likeness (QED) is 0.887. The largest absolute Gasteiger partial charge is 0.385 e. The van der Waals surface area contributed by atoms with E-state index in [-0.39, 0.29) is 0 Å². The molecular formula is C17H17F2N. The van der Waals surface area contributed by atoms with Crippen molar-refractivity contribution in [1.82, 2.24) is 0 Å². The first-order valence-corrected chi connectivity index (χ1v) is 7.02. The van der Waals surface area contributed by atoms with Crippen LogP contribution in [0.4, 0.5) is 14.5 Å². The van der Waals surface area contributed by atoms with Crippen molar-refractivity contribution >= 4 is 5.69 Å². The summed E-state index contributed by atoms with van der Waals surface area (Å²) in [6.45, 7) is 1.04. The third-order valence-corrected chi connectivity index (χ3v) is 3.79. The monoisotopic (exact) mass is 273 g/mol. The van der Waals surface area contributed by atoms with Gasteiger partial charge in [-0.15, -0.1) is 0 Å². The van der Waals surface area contributed by atoms with Crippen LogP contribution in [-0.2, 0) is 19.3 Å². The molecule has 0 unspecified atom stereocenters. The summed E-state index contributed by atoms with van der Waals surface area (Å²) in [4.78, 5) is 0. The second-order valence-electron chi connectivity index (χ2n) is 5.27. The number of halogens is 2. The molecule has 20 heavy (non-hydrogen) atoms. The second kappa shape index (κ2) is 5.61. The number of hydrogen-bond donors (Lipinski definition) is 1. The van der Waals surface area contributed by atoms with E-state index in [4.69, 9.17) is 0 Å². The van der Waals surface area contributed by atoms with Gasteiger partial charge in [0, 0.05) is 12.2 Å². The van der Waals surface area contributed by atoms with E-state index in [1.165, 1.54) is 35.4 Å². The maximum absolute atomic E-state index is 13.1. The fraction of sp³-hybridized carbons (Fsp3) is 0.294. The Bertz CT molecular complexity index is 622. The van der Waals surface area contributed by atoms with E-state index in [1.54, 1.807) is 6.07 Å². The summed E-state index contributed by atoms with van der Waals surface area (Å²) in [5.41, 5.74) is 4.67. The predicted octanol–water partition coefficient (Wildman–Crippen LogP) is 4.11. The van der Waals surface area contributed by atoms with Crippen LogP contribution in [0.5, 0.6) is 0 Å². The van der Waals surface area contributed by atoms with Gasteiger partial charge in [-0.25, -0.2) is 8.78 Å². The first-order chi connectivity index (χ1) is 9.72. The van der Waals surface area contributed by atoms with Gasteiger partial charge in [-0.2, -0.15) is 0 Å². The molecule has 0 amide bonds. The molecule has 0 radical (unpaired) electrons. The Labute approximate surface area is 117 Å². The van der Waals surface area contributed by atoms with E-state index >= 15 is 0 Å². The number of nitrogens with one attached hydrogen (secondary N) is 1. The SMILES string of the molecule is Fc1ccc(CCc2ccc3c(c2)CCCN3)cc1F. The number of benzene rings is 2. The first kappa shape index (κ1) is 13.1. The molecule has 2 aromatic rings. The van der Waals surface area contributed by atoms with Crippen molar-refractivity contribution in [2.75, 3.05) is 11.9 Å². The van der Waals surface area contributed by atoms with E-state index in [1.807, 2.05) is 0 Å². The zero-order chi connectivity index (χ0) is 13.9. The van der Waals surface area contributed by atoms with E-state index in [0.717, 1.165) is 31.4 Å². The van der Waals surface area contributed by atoms with Gasteiger partial charge in [0.25, 0.3) is 0 Å². The molecule has 0 aromatic heterocycles. The van der Waals surface area contributed by atoms with Crippen molar-refractivity contribution in [3.8, 4) is 0 Å². The van der Waals surface area contributed by atoms with Gasteiger partial charge in [-0.05, 0) is 60.6 Å². The van der Waals surface area contributed by atoms with Crippen molar-refractivity contribution < 1.29 is 8.78 Å². The number of fused-ring (bicyclic) bond motifs is 1. The average Bonchev–Trinajstić information content (AvgIpc) is 2.48. The van der Waals surface area contributed by atoms with E-state index in [2.05, 4.69) is 23.5 Å². The molecule has 0 saturated carbocycles. The normalized spacial score (nSPS) is 13.7. The van der Waals surface area contributed by atoms with Crippen LogP contribution in [0.15, 0.2) is 36.4 Å². The van der Waals surface area contributed by atoms with Crippen molar-refractivity contribution in [1.29, 1.82) is 0 Å². The van der Waals surface area contributed by atoms with Gasteiger partial charge in [0.15, 0.2) is 11.6 Å². The van der Waals surface area contributed by atoms with Crippen LogP contribution >= 0.6 is 0 Å². The molecule has 1 nitrogen and oxygen atoms in total. The molecule has 1 heterocycles. The second-order valence-corrected chi connectivity index (χ2v) is 5.27. The molecule has 2 aromatic carbocycles. The molecule has 0 bridgehead atoms. The van der Waals surface area contributed by atoms with Gasteiger partial charge in [-0.1, -0.05) is 18.2 Å². The summed E-state index contributed by atoms with van der Waals surface area (Å²) >= 11 is 0. The third-order valence-electron chi connectivity index (χ3n) is 3.79. The molecule has 0 aliphatic carbocycles. The average molecular weight is 273 g/mol. The van der Waals surface area contributed by atoms with Gasteiger partial charge < -0.3 is 5.32 Å². The topological polar surface area (TPSA) is 12.0 Å². The standard InChI is InChI=1S/C17H17F2N/c18-15-7-5-13(11-16(15)19)4-3-12-6-8-17-14(10-12)2-1-9-20-17/h5-8,10-11,20H,1-4,9H2. The maximum Gasteiger partial charge on any atom is 0.159 e. The summed E-state index contributed by atoms with van der Waals surface area (Å²) < 4.78 is 26.0. The molecule has 1 aliphatic heterocycles. The summed E-state index contributed by atoms with van der Waals surface area (Å²) in [6, 6.07) is 10.6. The molecule has 1 aliphatic rings. The lowest BCUT2D eigenvalue weighted by Crippen LogP contribution is -2.11. The molecule has 0 atom stereocenters. The zero-order valence-corrected chi connectivity index (χ0v) is 11.3. The van der Waals surface area contributed by atoms with E-state index < -0.39 is 11.6 Å². The lowest BCUT2D eigenvalue weighted by molar-refractivity contribution is 0.507. The Hall–Kier alpha value is -1.90. The van der Waals surface area contributed by atoms with Crippen molar-refractivity contribution in [3.05, 3.63) is 64.7 Å². The van der Waals surface area contributed by atoms with Crippen molar-refractivity contribution in [2.45, 2.75) is 25.7 Å². The fourth-order valence-corrected chi connectivity index (χ4v) is 2.67. The van der Waals surface area contributed by atoms with Crippen LogP contribution in [0.1, 0.15) is 23.1 Å². The predicted molar refractivity (Wildman–Crippen MR) is 77.0 cm³/mol. The summed E-state index contributed by atoms with van der Waals surface area (Å²) in [5, 5.41) is 3.39. The van der Waals surface area contributed by atoms with Crippen molar-refractivity contribution in [2.24, 2.45) is 0 Å². The van der Waals surface area contributed by atoms with Crippen LogP contribution in [0.2, 0.25) is 0 Å². The number of aryl methyl sites for hydroxylation is 3. The van der Waals surface area contributed by atoms with Gasteiger partial charge in [0.05, 0.1) is 0 Å². The van der Waals surface area contributed by atoms with Crippen LogP contribution in [0, 0.1) is 11.6 Å². The summed E-state index contributed by atoms with van der Waals surface area (Å²) in [5.74, 6) is -1.55. The lowest BCUT2D eigenvalue weighted by atomic mass is 9.97. The molecular weight excluding hydrogens is 256 g/mol. The Kier molecular flexibility index (Phi) is 3.68. The molecule has 104 valence electrons. The van der Waals surface area contributed by atoms with E-state index in [9.17, 15) is 8.78 Å². The highest BCUT2D eigenvalue weighted by Gasteiger charge is 2.09. The van der Waals surface area contributed by atoms with Gasteiger partial charge in [0.1, 0.15) is 0 Å². The van der Waals surface area contributed by atoms with Gasteiger partial charge in [-0.3, -0.25) is 0 Å². The number of rotatable bonds is 3. The molecule has 3 rings (SSSR count). The van der Waals surface area contributed by atoms with E-state index in [0.29, 0.717) is 0 Å². The molecule has 0 saturated heterocycles. The Morgan fingerprint density at radius 3 is 2.45 bits per heavy atom. The maximum atomic E-state index is 13.1. The zero-order valence-electron chi connectivity index (χ0n) is 11.3. The highest BCUT2D eigenvalue weighted by atomic mass is 19.2. The third kappa shape index (κ3) is 2.82. The first-order valence-electron chi connectivity index (χ1n) is 7.02. The van der Waals surface area contributed by atoms with Crippen LogP contribution in [-0.4, -0.2) is 6.54 Å². The lowest BCUT2D eigenvalue weighted by Gasteiger charge is -2.18. The van der Waals surface area contributed by atoms with Crippen LogP contribution in [0.3, 0.4) is 0 Å². The molecule has 0 fully saturated rings. The number of anilines is 1. The minimum atomic E-state index is -0.784. The Morgan fingerprint density at radius 2 is 1.65 bits per heavy atom. The number of hydrogen-bond acceptors (Lipinski definition) is 1. The van der Waals surface area contributed by atoms with Crippen LogP contribution < -0.4 is 5.32 Å². The van der Waals surface area contributed by atoms with Gasteiger partial charge in [0.2, 0.25) is 0 Å². The van der Waals surface area contributed by atoms with Crippen LogP contribution in [0.25, 0.3) is 0 Å². The highest BCUT2D eigenvalue weighted by Crippen LogP contribution is 2.23. The minimum absolute atomic E-state index is 0.726. The molecule has 3 heteroatoms. The highest BCUT2D eigenvalue weighted by molar-refractivity contribution is 5.54. The summed E-state index contributed by atoms with van der Waals surface area (Å²) in [6.07, 6.45) is 3.85. The Balaban J connectivity index is 1.70. The van der Waals surface area contributed by atoms with Gasteiger partial charge >= 0.3 is 0 Å². The fourth-order valence-electron chi connectivity index (χ4n) is 2.67.